The Bertz CT molecular complexity index is 593. The minimum Gasteiger partial charge on any atom is -0.469 e. The lowest BCUT2D eigenvalue weighted by Gasteiger charge is -2.31. The largest absolute Gasteiger partial charge is 0.469 e. The maximum Gasteiger partial charge on any atom is 0.308 e. The summed E-state index contributed by atoms with van der Waals surface area (Å²) < 4.78 is 4.74. The molecule has 1 heterocycles. The zero-order valence-electron chi connectivity index (χ0n) is 13.5. The molecule has 0 bridgehead atoms. The molecule has 0 aliphatic carbocycles. The number of hydrogen-bond acceptors (Lipinski definition) is 5. The van der Waals surface area contributed by atoms with E-state index in [0.717, 1.165) is 11.4 Å². The molecule has 1 aromatic carbocycles. The van der Waals surface area contributed by atoms with Gasteiger partial charge in [-0.3, -0.25) is 9.59 Å². The second kappa shape index (κ2) is 6.64. The zero-order valence-corrected chi connectivity index (χ0v) is 13.5. The van der Waals surface area contributed by atoms with Crippen LogP contribution in [0.15, 0.2) is 41.7 Å². The SMILES string of the molecule is COC(=O)CC1C(=O)C(C)=C(N(C)C)N1Cc1ccccc1. The van der Waals surface area contributed by atoms with E-state index in [1.54, 1.807) is 0 Å². The van der Waals surface area contributed by atoms with E-state index in [1.807, 2.05) is 61.2 Å². The fraction of sp³-hybridized carbons (Fsp3) is 0.412. The Kier molecular flexibility index (Phi) is 4.85. The highest BCUT2D eigenvalue weighted by atomic mass is 16.5. The Hall–Kier alpha value is -2.30. The van der Waals surface area contributed by atoms with Crippen molar-refractivity contribution in [3.8, 4) is 0 Å². The van der Waals surface area contributed by atoms with Gasteiger partial charge in [0.05, 0.1) is 13.5 Å². The van der Waals surface area contributed by atoms with Gasteiger partial charge in [0.15, 0.2) is 5.78 Å². The Morgan fingerprint density at radius 1 is 1.27 bits per heavy atom. The Morgan fingerprint density at radius 2 is 1.91 bits per heavy atom. The molecule has 1 aliphatic heterocycles. The standard InChI is InChI=1S/C17H22N2O3/c1-12-16(21)14(10-15(20)22-4)19(17(12)18(2)3)11-13-8-6-5-7-9-13/h5-9,14H,10-11H2,1-4H3. The summed E-state index contributed by atoms with van der Waals surface area (Å²) in [4.78, 5) is 28.1. The average Bonchev–Trinajstić information content (AvgIpc) is 2.73. The van der Waals surface area contributed by atoms with E-state index in [-0.39, 0.29) is 18.2 Å². The van der Waals surface area contributed by atoms with Crippen molar-refractivity contribution in [1.29, 1.82) is 0 Å². The third kappa shape index (κ3) is 3.13. The van der Waals surface area contributed by atoms with Crippen LogP contribution >= 0.6 is 0 Å². The van der Waals surface area contributed by atoms with Gasteiger partial charge in [0, 0.05) is 26.2 Å². The maximum atomic E-state index is 12.5. The van der Waals surface area contributed by atoms with Gasteiger partial charge in [-0.25, -0.2) is 0 Å². The van der Waals surface area contributed by atoms with Crippen molar-refractivity contribution < 1.29 is 14.3 Å². The molecule has 2 rings (SSSR count). The van der Waals surface area contributed by atoms with Crippen LogP contribution in [0.5, 0.6) is 0 Å². The molecular formula is C17H22N2O3. The fourth-order valence-corrected chi connectivity index (χ4v) is 2.87. The molecule has 5 nitrogen and oxygen atoms in total. The molecule has 0 fully saturated rings. The second-order valence-corrected chi connectivity index (χ2v) is 5.62. The van der Waals surface area contributed by atoms with Crippen molar-refractivity contribution in [2.24, 2.45) is 0 Å². The Balaban J connectivity index is 2.32. The van der Waals surface area contributed by atoms with Crippen LogP contribution in [-0.4, -0.2) is 48.8 Å². The number of nitrogens with zero attached hydrogens (tertiary/aromatic N) is 2. The highest BCUT2D eigenvalue weighted by Crippen LogP contribution is 2.30. The molecule has 0 radical (unpaired) electrons. The summed E-state index contributed by atoms with van der Waals surface area (Å²) in [6.07, 6.45) is 0.0663. The summed E-state index contributed by atoms with van der Waals surface area (Å²) in [7, 11) is 5.16. The number of hydrogen-bond donors (Lipinski definition) is 0. The van der Waals surface area contributed by atoms with Gasteiger partial charge in [-0.15, -0.1) is 0 Å². The first-order valence-electron chi connectivity index (χ1n) is 7.25. The number of carbonyl (C=O) groups excluding carboxylic acids is 2. The number of esters is 1. The Morgan fingerprint density at radius 3 is 2.45 bits per heavy atom. The summed E-state index contributed by atoms with van der Waals surface area (Å²) >= 11 is 0. The highest BCUT2D eigenvalue weighted by Gasteiger charge is 2.39. The highest BCUT2D eigenvalue weighted by molar-refractivity contribution is 6.03. The van der Waals surface area contributed by atoms with Crippen LogP contribution in [0.2, 0.25) is 0 Å². The average molecular weight is 302 g/mol. The van der Waals surface area contributed by atoms with E-state index >= 15 is 0 Å². The van der Waals surface area contributed by atoms with Crippen LogP contribution in [0.4, 0.5) is 0 Å². The predicted molar refractivity (Wildman–Crippen MR) is 83.8 cm³/mol. The van der Waals surface area contributed by atoms with Crippen molar-refractivity contribution in [2.75, 3.05) is 21.2 Å². The first-order valence-corrected chi connectivity index (χ1v) is 7.25. The van der Waals surface area contributed by atoms with Gasteiger partial charge in [-0.2, -0.15) is 0 Å². The van der Waals surface area contributed by atoms with Crippen molar-refractivity contribution in [2.45, 2.75) is 25.9 Å². The van der Waals surface area contributed by atoms with Crippen LogP contribution in [0.3, 0.4) is 0 Å². The van der Waals surface area contributed by atoms with Crippen LogP contribution in [0.25, 0.3) is 0 Å². The van der Waals surface area contributed by atoms with E-state index in [2.05, 4.69) is 0 Å². The monoisotopic (exact) mass is 302 g/mol. The van der Waals surface area contributed by atoms with Gasteiger partial charge in [-0.05, 0) is 12.5 Å². The lowest BCUT2D eigenvalue weighted by molar-refractivity contribution is -0.143. The fourth-order valence-electron chi connectivity index (χ4n) is 2.87. The van der Waals surface area contributed by atoms with Crippen LogP contribution in [0, 0.1) is 0 Å². The Labute approximate surface area is 131 Å². The van der Waals surface area contributed by atoms with E-state index < -0.39 is 6.04 Å². The molecule has 1 unspecified atom stereocenters. The van der Waals surface area contributed by atoms with Crippen molar-refractivity contribution in [3.05, 3.63) is 47.3 Å². The normalized spacial score (nSPS) is 17.9. The third-order valence-electron chi connectivity index (χ3n) is 3.86. The molecule has 0 amide bonds. The van der Waals surface area contributed by atoms with Crippen molar-refractivity contribution in [1.82, 2.24) is 9.80 Å². The molecule has 0 saturated heterocycles. The molecule has 1 atom stereocenters. The predicted octanol–water partition coefficient (Wildman–Crippen LogP) is 1.80. The van der Waals surface area contributed by atoms with E-state index in [4.69, 9.17) is 4.74 Å². The topological polar surface area (TPSA) is 49.9 Å². The third-order valence-corrected chi connectivity index (χ3v) is 3.86. The lowest BCUT2D eigenvalue weighted by Crippen LogP contribution is -2.39. The summed E-state index contributed by atoms with van der Waals surface area (Å²) in [6.45, 7) is 2.39. The van der Waals surface area contributed by atoms with Gasteiger partial charge >= 0.3 is 5.97 Å². The minimum absolute atomic E-state index is 0.00923. The number of methoxy groups -OCH3 is 1. The molecule has 0 saturated carbocycles. The van der Waals surface area contributed by atoms with Crippen molar-refractivity contribution >= 4 is 11.8 Å². The zero-order chi connectivity index (χ0) is 16.3. The van der Waals surface area contributed by atoms with Gasteiger partial charge in [0.2, 0.25) is 0 Å². The molecule has 0 aromatic heterocycles. The number of Topliss-reactive ketones (excluding diaryl/α,β-unsaturated/α-hetero) is 1. The molecular weight excluding hydrogens is 280 g/mol. The van der Waals surface area contributed by atoms with E-state index in [9.17, 15) is 9.59 Å². The summed E-state index contributed by atoms with van der Waals surface area (Å²) in [5, 5.41) is 0. The van der Waals surface area contributed by atoms with Gasteiger partial charge in [0.25, 0.3) is 0 Å². The lowest BCUT2D eigenvalue weighted by atomic mass is 10.1. The van der Waals surface area contributed by atoms with Crippen LogP contribution in [-0.2, 0) is 20.9 Å². The maximum absolute atomic E-state index is 12.5. The number of benzene rings is 1. The summed E-state index contributed by atoms with van der Waals surface area (Å²) in [5.74, 6) is 0.483. The van der Waals surface area contributed by atoms with E-state index in [0.29, 0.717) is 12.1 Å². The molecule has 0 N–H and O–H groups in total. The van der Waals surface area contributed by atoms with Crippen molar-refractivity contribution in [3.63, 3.8) is 0 Å². The first kappa shape index (κ1) is 16.1. The number of carbonyl (C=O) groups is 2. The molecule has 22 heavy (non-hydrogen) atoms. The van der Waals surface area contributed by atoms with Crippen LogP contribution in [0.1, 0.15) is 18.9 Å². The quantitative estimate of drug-likeness (QED) is 0.776. The van der Waals surface area contributed by atoms with Gasteiger partial charge < -0.3 is 14.5 Å². The summed E-state index contributed by atoms with van der Waals surface area (Å²) in [5.41, 5.74) is 1.79. The van der Waals surface area contributed by atoms with Gasteiger partial charge in [0.1, 0.15) is 11.9 Å². The smallest absolute Gasteiger partial charge is 0.308 e. The molecule has 1 aliphatic rings. The second-order valence-electron chi connectivity index (χ2n) is 5.62. The van der Waals surface area contributed by atoms with Crippen LogP contribution < -0.4 is 0 Å². The minimum atomic E-state index is -0.495. The number of ketones is 1. The summed E-state index contributed by atoms with van der Waals surface area (Å²) in [6, 6.07) is 9.42. The molecule has 0 spiro atoms. The molecule has 1 aromatic rings. The molecule has 118 valence electrons. The first-order chi connectivity index (χ1) is 10.5. The number of ether oxygens (including phenoxy) is 1. The van der Waals surface area contributed by atoms with Gasteiger partial charge in [-0.1, -0.05) is 30.3 Å². The number of rotatable bonds is 5. The molecule has 5 heteroatoms. The van der Waals surface area contributed by atoms with E-state index in [1.165, 1.54) is 7.11 Å².